The third-order valence-corrected chi connectivity index (χ3v) is 4.05. The molecule has 11 heteroatoms. The van der Waals surface area contributed by atoms with Crippen LogP contribution in [0.25, 0.3) is 0 Å². The highest BCUT2D eigenvalue weighted by Gasteiger charge is 2.24. The van der Waals surface area contributed by atoms with Crippen LogP contribution in [-0.4, -0.2) is 33.1 Å². The van der Waals surface area contributed by atoms with Gasteiger partial charge < -0.3 is 20.5 Å². The number of hydrogen-bond acceptors (Lipinski definition) is 8. The molecule has 0 fully saturated rings. The van der Waals surface area contributed by atoms with Crippen LogP contribution in [0, 0.1) is 10.1 Å². The van der Waals surface area contributed by atoms with E-state index in [-0.39, 0.29) is 17.2 Å². The van der Waals surface area contributed by atoms with Crippen molar-refractivity contribution in [3.63, 3.8) is 0 Å². The topological polar surface area (TPSA) is 140 Å². The zero-order chi connectivity index (χ0) is 21.0. The Labute approximate surface area is 169 Å². The first-order valence-corrected chi connectivity index (χ1v) is 8.47. The smallest absolute Gasteiger partial charge is 0.353 e. The summed E-state index contributed by atoms with van der Waals surface area (Å²) in [5, 5.41) is 26.7. The Kier molecular flexibility index (Phi) is 5.74. The van der Waals surface area contributed by atoms with Gasteiger partial charge in [0.15, 0.2) is 0 Å². The zero-order valence-electron chi connectivity index (χ0n) is 14.9. The number of benzene rings is 2. The lowest BCUT2D eigenvalue weighted by Gasteiger charge is -2.12. The van der Waals surface area contributed by atoms with Crippen molar-refractivity contribution in [2.24, 2.45) is 0 Å². The Balaban J connectivity index is 1.97. The second kappa shape index (κ2) is 8.40. The van der Waals surface area contributed by atoms with Crippen molar-refractivity contribution in [3.05, 3.63) is 69.5 Å². The number of aromatic nitrogens is 2. The molecule has 0 spiro atoms. The zero-order valence-corrected chi connectivity index (χ0v) is 15.7. The van der Waals surface area contributed by atoms with Gasteiger partial charge in [-0.1, -0.05) is 11.6 Å². The highest BCUT2D eigenvalue weighted by molar-refractivity contribution is 6.31. The van der Waals surface area contributed by atoms with Gasteiger partial charge in [-0.15, -0.1) is 0 Å². The lowest BCUT2D eigenvalue weighted by atomic mass is 10.2. The molecule has 3 rings (SSSR count). The van der Waals surface area contributed by atoms with Gasteiger partial charge in [0.2, 0.25) is 11.6 Å². The van der Waals surface area contributed by atoms with Gasteiger partial charge in [-0.05, 0) is 42.5 Å². The van der Waals surface area contributed by atoms with Crippen LogP contribution in [0.15, 0.2) is 48.8 Å². The molecule has 1 heterocycles. The summed E-state index contributed by atoms with van der Waals surface area (Å²) in [6.45, 7) is 0. The van der Waals surface area contributed by atoms with Gasteiger partial charge in [0, 0.05) is 10.7 Å². The number of hydrogen-bond donors (Lipinski definition) is 3. The molecular weight excluding hydrogens is 402 g/mol. The molecule has 0 aliphatic heterocycles. The van der Waals surface area contributed by atoms with Crippen LogP contribution in [0.5, 0.6) is 5.75 Å². The molecule has 29 heavy (non-hydrogen) atoms. The van der Waals surface area contributed by atoms with Gasteiger partial charge in [0.1, 0.15) is 12.1 Å². The second-order valence-electron chi connectivity index (χ2n) is 5.65. The first-order chi connectivity index (χ1) is 13.9. The molecule has 0 unspecified atom stereocenters. The van der Waals surface area contributed by atoms with E-state index in [0.717, 1.165) is 6.33 Å². The molecule has 0 bridgehead atoms. The van der Waals surface area contributed by atoms with E-state index < -0.39 is 16.6 Å². The maximum Gasteiger partial charge on any atom is 0.353 e. The number of nitrogens with zero attached hydrogens (tertiary/aromatic N) is 3. The molecule has 148 valence electrons. The van der Waals surface area contributed by atoms with Crippen LogP contribution in [0.1, 0.15) is 10.4 Å². The van der Waals surface area contributed by atoms with Crippen molar-refractivity contribution in [3.8, 4) is 5.75 Å². The van der Waals surface area contributed by atoms with Crippen molar-refractivity contribution < 1.29 is 19.6 Å². The Morgan fingerprint density at radius 3 is 2.38 bits per heavy atom. The standard InChI is InChI=1S/C18H14ClN5O5/c1-29-14-7-4-11(19)8-13(14)23-17-15(24(27)28)16(20-9-21-17)22-12-5-2-10(3-6-12)18(25)26/h2-9H,1H3,(H,25,26)(H2,20,21,22,23). The van der Waals surface area contributed by atoms with Crippen molar-refractivity contribution in [1.29, 1.82) is 0 Å². The van der Waals surface area contributed by atoms with E-state index >= 15 is 0 Å². The number of carboxylic acids is 1. The molecule has 0 radical (unpaired) electrons. The fraction of sp³-hybridized carbons (Fsp3) is 0.0556. The molecule has 0 saturated heterocycles. The first kappa shape index (κ1) is 19.8. The first-order valence-electron chi connectivity index (χ1n) is 8.09. The number of aromatic carboxylic acids is 1. The average molecular weight is 416 g/mol. The number of methoxy groups -OCH3 is 1. The number of anilines is 4. The van der Waals surface area contributed by atoms with Crippen molar-refractivity contribution in [2.75, 3.05) is 17.7 Å². The van der Waals surface area contributed by atoms with Crippen molar-refractivity contribution >= 4 is 46.3 Å². The maximum atomic E-state index is 11.7. The van der Waals surface area contributed by atoms with Gasteiger partial charge in [-0.2, -0.15) is 0 Å². The minimum absolute atomic E-state index is 0.0726. The van der Waals surface area contributed by atoms with Crippen LogP contribution < -0.4 is 15.4 Å². The number of nitro groups is 1. The third kappa shape index (κ3) is 4.50. The third-order valence-electron chi connectivity index (χ3n) is 3.81. The molecular formula is C18H14ClN5O5. The summed E-state index contributed by atoms with van der Waals surface area (Å²) in [5.41, 5.74) is 0.488. The van der Waals surface area contributed by atoms with E-state index in [0.29, 0.717) is 22.1 Å². The molecule has 3 N–H and O–H groups in total. The molecule has 0 saturated carbocycles. The predicted molar refractivity (Wildman–Crippen MR) is 107 cm³/mol. The van der Waals surface area contributed by atoms with E-state index in [9.17, 15) is 14.9 Å². The molecule has 2 aromatic carbocycles. The van der Waals surface area contributed by atoms with E-state index in [1.165, 1.54) is 31.4 Å². The maximum absolute atomic E-state index is 11.7. The molecule has 1 aromatic heterocycles. The fourth-order valence-corrected chi connectivity index (χ4v) is 2.65. The SMILES string of the molecule is COc1ccc(Cl)cc1Nc1ncnc(Nc2ccc(C(=O)O)cc2)c1[N+](=O)[O-]. The summed E-state index contributed by atoms with van der Waals surface area (Å²) in [5.74, 6) is -0.806. The van der Waals surface area contributed by atoms with Crippen LogP contribution >= 0.6 is 11.6 Å². The average Bonchev–Trinajstić information content (AvgIpc) is 2.68. The van der Waals surface area contributed by atoms with Gasteiger partial charge in [-0.25, -0.2) is 14.8 Å². The minimum Gasteiger partial charge on any atom is -0.495 e. The van der Waals surface area contributed by atoms with Gasteiger partial charge in [0.25, 0.3) is 0 Å². The minimum atomic E-state index is -1.08. The number of ether oxygens (including phenoxy) is 1. The van der Waals surface area contributed by atoms with E-state index in [1.54, 1.807) is 18.2 Å². The Morgan fingerprint density at radius 1 is 1.14 bits per heavy atom. The molecule has 3 aromatic rings. The number of carbonyl (C=O) groups is 1. The summed E-state index contributed by atoms with van der Waals surface area (Å²) in [4.78, 5) is 29.9. The van der Waals surface area contributed by atoms with E-state index in [4.69, 9.17) is 21.4 Å². The van der Waals surface area contributed by atoms with Crippen molar-refractivity contribution in [2.45, 2.75) is 0 Å². The Bertz CT molecular complexity index is 1070. The number of halogens is 1. The van der Waals surface area contributed by atoms with Crippen molar-refractivity contribution in [1.82, 2.24) is 9.97 Å². The normalized spacial score (nSPS) is 10.3. The summed E-state index contributed by atoms with van der Waals surface area (Å²) < 4.78 is 5.23. The number of rotatable bonds is 7. The lowest BCUT2D eigenvalue weighted by Crippen LogP contribution is -2.06. The number of nitrogens with one attached hydrogen (secondary N) is 2. The van der Waals surface area contributed by atoms with Gasteiger partial charge in [0.05, 0.1) is 23.3 Å². The molecule has 0 aliphatic carbocycles. The van der Waals surface area contributed by atoms with Crippen LogP contribution in [0.3, 0.4) is 0 Å². The fourth-order valence-electron chi connectivity index (χ4n) is 2.47. The molecule has 0 atom stereocenters. The lowest BCUT2D eigenvalue weighted by molar-refractivity contribution is -0.383. The summed E-state index contributed by atoms with van der Waals surface area (Å²) in [7, 11) is 1.45. The number of carboxylic acid groups (broad SMARTS) is 1. The Hall–Kier alpha value is -3.92. The second-order valence-corrected chi connectivity index (χ2v) is 6.09. The van der Waals surface area contributed by atoms with Gasteiger partial charge in [-0.3, -0.25) is 10.1 Å². The highest BCUT2D eigenvalue weighted by atomic mass is 35.5. The predicted octanol–water partition coefficient (Wildman–Crippen LogP) is 4.23. The Morgan fingerprint density at radius 2 is 1.79 bits per heavy atom. The van der Waals surface area contributed by atoms with Crippen LogP contribution in [-0.2, 0) is 0 Å². The van der Waals surface area contributed by atoms with Crippen LogP contribution in [0.2, 0.25) is 5.02 Å². The summed E-state index contributed by atoms with van der Waals surface area (Å²) in [6.07, 6.45) is 1.15. The summed E-state index contributed by atoms with van der Waals surface area (Å²) in [6, 6.07) is 10.5. The largest absolute Gasteiger partial charge is 0.495 e. The van der Waals surface area contributed by atoms with E-state index in [2.05, 4.69) is 20.6 Å². The summed E-state index contributed by atoms with van der Waals surface area (Å²) >= 11 is 6.00. The van der Waals surface area contributed by atoms with Gasteiger partial charge >= 0.3 is 11.7 Å². The highest BCUT2D eigenvalue weighted by Crippen LogP contribution is 2.36. The molecule has 0 aliphatic rings. The monoisotopic (exact) mass is 415 g/mol. The van der Waals surface area contributed by atoms with Crippen LogP contribution in [0.4, 0.5) is 28.7 Å². The molecule has 0 amide bonds. The molecule has 10 nitrogen and oxygen atoms in total. The van der Waals surface area contributed by atoms with E-state index in [1.807, 2.05) is 0 Å². The quantitative estimate of drug-likeness (QED) is 0.381.